The number of hydrogen-bond donors (Lipinski definition) is 0. The normalized spacial score (nSPS) is 11.8. The number of benzene rings is 2. The van der Waals surface area contributed by atoms with E-state index in [4.69, 9.17) is 0 Å². The number of hydrogen-bond acceptors (Lipinski definition) is 5. The molecule has 1 amide bonds. The first-order chi connectivity index (χ1) is 11.8. The third-order valence-electron chi connectivity index (χ3n) is 3.73. The molecule has 1 aromatic heterocycles. The number of amides is 1. The molecule has 0 saturated heterocycles. The monoisotopic (exact) mass is 375 g/mol. The number of para-hydroxylation sites is 1. The maximum absolute atomic E-state index is 12.8. The largest absolute Gasteiger partial charge is 0.287 e. The fourth-order valence-electron chi connectivity index (χ4n) is 2.28. The lowest BCUT2D eigenvalue weighted by Crippen LogP contribution is -2.27. The van der Waals surface area contributed by atoms with Crippen LogP contribution in [-0.4, -0.2) is 44.8 Å². The van der Waals surface area contributed by atoms with Crippen LogP contribution in [0.4, 0.5) is 5.13 Å². The van der Waals surface area contributed by atoms with E-state index >= 15 is 0 Å². The van der Waals surface area contributed by atoms with Crippen LogP contribution in [0.2, 0.25) is 0 Å². The van der Waals surface area contributed by atoms with Gasteiger partial charge < -0.3 is 0 Å². The first-order valence-corrected chi connectivity index (χ1v) is 9.72. The lowest BCUT2D eigenvalue weighted by atomic mass is 10.2. The maximum atomic E-state index is 12.8. The summed E-state index contributed by atoms with van der Waals surface area (Å²) in [6.45, 7) is 0. The molecule has 0 bridgehead atoms. The van der Waals surface area contributed by atoms with Crippen molar-refractivity contribution in [3.05, 3.63) is 54.1 Å². The van der Waals surface area contributed by atoms with Gasteiger partial charge in [0, 0.05) is 26.7 Å². The Kier molecular flexibility index (Phi) is 4.59. The molecule has 1 heterocycles. The number of carbonyl (C=O) groups excluding carboxylic acids is 1. The second kappa shape index (κ2) is 6.55. The summed E-state index contributed by atoms with van der Waals surface area (Å²) < 4.78 is 26.6. The van der Waals surface area contributed by atoms with Gasteiger partial charge in [0.05, 0.1) is 15.1 Å². The Balaban J connectivity index is 1.95. The molecule has 0 N–H and O–H groups in total. The number of fused-ring (bicyclic) bond motifs is 1. The van der Waals surface area contributed by atoms with Gasteiger partial charge in [0.15, 0.2) is 5.13 Å². The zero-order valence-electron chi connectivity index (χ0n) is 14.0. The minimum atomic E-state index is -3.59. The van der Waals surface area contributed by atoms with Crippen LogP contribution >= 0.6 is 11.3 Å². The van der Waals surface area contributed by atoms with Gasteiger partial charge in [-0.2, -0.15) is 0 Å². The Morgan fingerprint density at radius 3 is 2.44 bits per heavy atom. The molecule has 25 heavy (non-hydrogen) atoms. The van der Waals surface area contributed by atoms with Crippen molar-refractivity contribution < 1.29 is 13.2 Å². The van der Waals surface area contributed by atoms with Crippen molar-refractivity contribution >= 4 is 42.6 Å². The molecule has 0 unspecified atom stereocenters. The van der Waals surface area contributed by atoms with Crippen LogP contribution in [0, 0.1) is 0 Å². The fourth-order valence-corrected chi connectivity index (χ4v) is 4.16. The van der Waals surface area contributed by atoms with Gasteiger partial charge in [0.1, 0.15) is 0 Å². The summed E-state index contributed by atoms with van der Waals surface area (Å²) in [5.41, 5.74) is 1.12. The quantitative estimate of drug-likeness (QED) is 0.703. The standard InChI is InChI=1S/C17H17N3O3S2/c1-19(2)25(22,23)13-8-6-7-12(11-13)16(21)20(3)17-18-14-9-4-5-10-15(14)24-17/h4-11H,1-3H3. The summed E-state index contributed by atoms with van der Waals surface area (Å²) >= 11 is 1.41. The Labute approximate surface area is 150 Å². The van der Waals surface area contributed by atoms with E-state index in [2.05, 4.69) is 4.98 Å². The second-order valence-electron chi connectivity index (χ2n) is 5.64. The van der Waals surface area contributed by atoms with Crippen molar-refractivity contribution in [2.24, 2.45) is 0 Å². The number of sulfonamides is 1. The van der Waals surface area contributed by atoms with E-state index in [1.165, 1.54) is 42.5 Å². The highest BCUT2D eigenvalue weighted by atomic mass is 32.2. The predicted octanol–water partition coefficient (Wildman–Crippen LogP) is 2.82. The molecule has 0 spiro atoms. The van der Waals surface area contributed by atoms with Crippen molar-refractivity contribution in [1.29, 1.82) is 0 Å². The molecule has 0 aliphatic heterocycles. The Morgan fingerprint density at radius 1 is 1.04 bits per heavy atom. The molecule has 0 aliphatic carbocycles. The summed E-state index contributed by atoms with van der Waals surface area (Å²) in [6, 6.07) is 13.7. The number of rotatable bonds is 4. The van der Waals surface area contributed by atoms with E-state index in [-0.39, 0.29) is 10.8 Å². The number of nitrogens with zero attached hydrogens (tertiary/aromatic N) is 3. The molecule has 3 rings (SSSR count). The average Bonchev–Trinajstić information content (AvgIpc) is 3.04. The van der Waals surface area contributed by atoms with Crippen LogP contribution in [0.25, 0.3) is 10.2 Å². The van der Waals surface area contributed by atoms with Crippen molar-refractivity contribution in [3.8, 4) is 0 Å². The third-order valence-corrected chi connectivity index (χ3v) is 6.66. The molecule has 130 valence electrons. The van der Waals surface area contributed by atoms with Crippen molar-refractivity contribution in [1.82, 2.24) is 9.29 Å². The van der Waals surface area contributed by atoms with E-state index in [0.29, 0.717) is 10.7 Å². The molecule has 0 atom stereocenters. The van der Waals surface area contributed by atoms with Crippen LogP contribution in [0.1, 0.15) is 10.4 Å². The molecular weight excluding hydrogens is 358 g/mol. The van der Waals surface area contributed by atoms with Gasteiger partial charge >= 0.3 is 0 Å². The molecule has 3 aromatic rings. The average molecular weight is 375 g/mol. The number of thiazole rings is 1. The van der Waals surface area contributed by atoms with E-state index in [9.17, 15) is 13.2 Å². The van der Waals surface area contributed by atoms with Crippen LogP contribution in [0.3, 0.4) is 0 Å². The van der Waals surface area contributed by atoms with Gasteiger partial charge in [-0.1, -0.05) is 29.5 Å². The predicted molar refractivity (Wildman–Crippen MR) is 99.7 cm³/mol. The van der Waals surface area contributed by atoms with Gasteiger partial charge in [-0.05, 0) is 30.3 Å². The van der Waals surface area contributed by atoms with Crippen LogP contribution < -0.4 is 4.90 Å². The number of aromatic nitrogens is 1. The minimum absolute atomic E-state index is 0.0843. The highest BCUT2D eigenvalue weighted by molar-refractivity contribution is 7.89. The topological polar surface area (TPSA) is 70.6 Å². The lowest BCUT2D eigenvalue weighted by molar-refractivity contribution is 0.0993. The number of anilines is 1. The van der Waals surface area contributed by atoms with E-state index < -0.39 is 10.0 Å². The molecule has 0 fully saturated rings. The van der Waals surface area contributed by atoms with E-state index in [1.807, 2.05) is 24.3 Å². The zero-order valence-corrected chi connectivity index (χ0v) is 15.6. The Morgan fingerprint density at radius 2 is 1.76 bits per heavy atom. The zero-order chi connectivity index (χ0) is 18.2. The molecule has 6 nitrogen and oxygen atoms in total. The second-order valence-corrected chi connectivity index (χ2v) is 8.80. The lowest BCUT2D eigenvalue weighted by Gasteiger charge is -2.15. The molecule has 0 radical (unpaired) electrons. The minimum Gasteiger partial charge on any atom is -0.287 e. The van der Waals surface area contributed by atoms with Gasteiger partial charge in [0.2, 0.25) is 10.0 Å². The molecule has 2 aromatic carbocycles. The highest BCUT2D eigenvalue weighted by Crippen LogP contribution is 2.28. The van der Waals surface area contributed by atoms with Crippen LogP contribution in [0.5, 0.6) is 0 Å². The van der Waals surface area contributed by atoms with Gasteiger partial charge in [-0.3, -0.25) is 9.69 Å². The molecule has 8 heteroatoms. The van der Waals surface area contributed by atoms with Gasteiger partial charge in [-0.25, -0.2) is 17.7 Å². The third kappa shape index (κ3) is 3.28. The van der Waals surface area contributed by atoms with Crippen LogP contribution in [-0.2, 0) is 10.0 Å². The summed E-state index contributed by atoms with van der Waals surface area (Å²) in [4.78, 5) is 18.7. The summed E-state index contributed by atoms with van der Waals surface area (Å²) in [7, 11) is 0.949. The number of carbonyl (C=O) groups is 1. The van der Waals surface area contributed by atoms with Crippen molar-refractivity contribution in [2.45, 2.75) is 4.90 Å². The first-order valence-electron chi connectivity index (χ1n) is 7.47. The molecular formula is C17H17N3O3S2. The van der Waals surface area contributed by atoms with Crippen molar-refractivity contribution in [2.75, 3.05) is 26.0 Å². The Bertz CT molecular complexity index is 1010. The van der Waals surface area contributed by atoms with Gasteiger partial charge in [0.25, 0.3) is 5.91 Å². The summed E-state index contributed by atoms with van der Waals surface area (Å²) in [5, 5.41) is 0.562. The molecule has 0 saturated carbocycles. The highest BCUT2D eigenvalue weighted by Gasteiger charge is 2.21. The molecule has 0 aliphatic rings. The van der Waals surface area contributed by atoms with E-state index in [0.717, 1.165) is 14.5 Å². The maximum Gasteiger partial charge on any atom is 0.259 e. The SMILES string of the molecule is CN(C(=O)c1cccc(S(=O)(=O)N(C)C)c1)c1nc2ccccc2s1. The van der Waals surface area contributed by atoms with Gasteiger partial charge in [-0.15, -0.1) is 0 Å². The summed E-state index contributed by atoms with van der Waals surface area (Å²) in [5.74, 6) is -0.310. The first kappa shape index (κ1) is 17.5. The van der Waals surface area contributed by atoms with E-state index in [1.54, 1.807) is 19.2 Å². The van der Waals surface area contributed by atoms with Crippen molar-refractivity contribution in [3.63, 3.8) is 0 Å². The fraction of sp³-hybridized carbons (Fsp3) is 0.176. The summed E-state index contributed by atoms with van der Waals surface area (Å²) in [6.07, 6.45) is 0. The Hall–Kier alpha value is -2.29. The van der Waals surface area contributed by atoms with Crippen LogP contribution in [0.15, 0.2) is 53.4 Å². The smallest absolute Gasteiger partial charge is 0.259 e.